The van der Waals surface area contributed by atoms with Crippen molar-refractivity contribution in [3.05, 3.63) is 136 Å². The largest absolute Gasteiger partial charge is 0.489 e. The SMILES string of the molecule is Cc1ccc(OCc2ccc(C(=O)O[C@@H](C(=O)c3ccc(C)c(C)c3)c3ccccc3)cc2)cc1. The second kappa shape index (κ2) is 10.8. The summed E-state index contributed by atoms with van der Waals surface area (Å²) in [6.45, 7) is 6.36. The monoisotopic (exact) mass is 464 g/mol. The zero-order valence-corrected chi connectivity index (χ0v) is 20.2. The lowest BCUT2D eigenvalue weighted by atomic mass is 9.97. The van der Waals surface area contributed by atoms with Crippen molar-refractivity contribution in [2.75, 3.05) is 0 Å². The third kappa shape index (κ3) is 6.04. The normalized spacial score (nSPS) is 11.5. The van der Waals surface area contributed by atoms with Gasteiger partial charge in [-0.3, -0.25) is 4.79 Å². The molecule has 0 spiro atoms. The van der Waals surface area contributed by atoms with Gasteiger partial charge >= 0.3 is 5.97 Å². The van der Waals surface area contributed by atoms with Gasteiger partial charge in [-0.1, -0.05) is 72.3 Å². The van der Waals surface area contributed by atoms with Gasteiger partial charge < -0.3 is 9.47 Å². The van der Waals surface area contributed by atoms with Crippen molar-refractivity contribution in [1.29, 1.82) is 0 Å². The van der Waals surface area contributed by atoms with Gasteiger partial charge in [0.15, 0.2) is 6.10 Å². The third-order valence-corrected chi connectivity index (χ3v) is 5.97. The number of ketones is 1. The van der Waals surface area contributed by atoms with E-state index in [9.17, 15) is 9.59 Å². The van der Waals surface area contributed by atoms with Crippen molar-refractivity contribution >= 4 is 11.8 Å². The lowest BCUT2D eigenvalue weighted by Gasteiger charge is -2.18. The first kappa shape index (κ1) is 24.0. The highest BCUT2D eigenvalue weighted by atomic mass is 16.5. The number of aryl methyl sites for hydroxylation is 3. The van der Waals surface area contributed by atoms with Crippen molar-refractivity contribution in [2.24, 2.45) is 0 Å². The molecule has 0 saturated heterocycles. The van der Waals surface area contributed by atoms with Crippen LogP contribution >= 0.6 is 0 Å². The summed E-state index contributed by atoms with van der Waals surface area (Å²) in [5.41, 5.74) is 5.72. The van der Waals surface area contributed by atoms with E-state index < -0.39 is 12.1 Å². The van der Waals surface area contributed by atoms with E-state index in [-0.39, 0.29) is 5.78 Å². The number of carbonyl (C=O) groups is 2. The minimum atomic E-state index is -1.03. The van der Waals surface area contributed by atoms with E-state index >= 15 is 0 Å². The molecule has 176 valence electrons. The fourth-order valence-electron chi connectivity index (χ4n) is 3.66. The highest BCUT2D eigenvalue weighted by Gasteiger charge is 2.27. The number of ether oxygens (including phenoxy) is 2. The smallest absolute Gasteiger partial charge is 0.339 e. The van der Waals surface area contributed by atoms with Crippen LogP contribution in [-0.4, -0.2) is 11.8 Å². The molecule has 35 heavy (non-hydrogen) atoms. The molecule has 0 N–H and O–H groups in total. The van der Waals surface area contributed by atoms with Crippen LogP contribution in [0.15, 0.2) is 97.1 Å². The molecule has 0 aromatic heterocycles. The summed E-state index contributed by atoms with van der Waals surface area (Å²) < 4.78 is 11.6. The molecule has 4 nitrogen and oxygen atoms in total. The van der Waals surface area contributed by atoms with Gasteiger partial charge in [0.2, 0.25) is 5.78 Å². The van der Waals surface area contributed by atoms with Crippen molar-refractivity contribution in [3.63, 3.8) is 0 Å². The second-order valence-electron chi connectivity index (χ2n) is 8.66. The van der Waals surface area contributed by atoms with Crippen LogP contribution in [0.3, 0.4) is 0 Å². The van der Waals surface area contributed by atoms with Crippen molar-refractivity contribution < 1.29 is 19.1 Å². The molecule has 0 amide bonds. The van der Waals surface area contributed by atoms with E-state index in [0.717, 1.165) is 22.4 Å². The average Bonchev–Trinajstić information content (AvgIpc) is 2.89. The summed E-state index contributed by atoms with van der Waals surface area (Å²) >= 11 is 0. The highest BCUT2D eigenvalue weighted by Crippen LogP contribution is 2.25. The maximum Gasteiger partial charge on any atom is 0.339 e. The molecule has 4 aromatic carbocycles. The van der Waals surface area contributed by atoms with Crippen molar-refractivity contribution in [1.82, 2.24) is 0 Å². The van der Waals surface area contributed by atoms with E-state index in [1.54, 1.807) is 30.3 Å². The Kier molecular flexibility index (Phi) is 7.41. The molecule has 4 rings (SSSR count). The van der Waals surface area contributed by atoms with Gasteiger partial charge in [0, 0.05) is 11.1 Å². The second-order valence-corrected chi connectivity index (χ2v) is 8.66. The minimum Gasteiger partial charge on any atom is -0.489 e. The summed E-state index contributed by atoms with van der Waals surface area (Å²) in [5, 5.41) is 0. The summed E-state index contributed by atoms with van der Waals surface area (Å²) in [6.07, 6.45) is -1.03. The molecule has 0 bridgehead atoms. The quantitative estimate of drug-likeness (QED) is 0.209. The predicted molar refractivity (Wildman–Crippen MR) is 137 cm³/mol. The zero-order valence-electron chi connectivity index (χ0n) is 20.2. The van der Waals surface area contributed by atoms with Crippen LogP contribution in [0.2, 0.25) is 0 Å². The Morgan fingerprint density at radius 2 is 1.37 bits per heavy atom. The number of carbonyl (C=O) groups excluding carboxylic acids is 2. The number of rotatable bonds is 8. The highest BCUT2D eigenvalue weighted by molar-refractivity contribution is 6.02. The Morgan fingerprint density at radius 3 is 2.03 bits per heavy atom. The number of benzene rings is 4. The molecule has 4 aromatic rings. The van der Waals surface area contributed by atoms with Crippen molar-refractivity contribution in [2.45, 2.75) is 33.5 Å². The number of Topliss-reactive ketones (excluding diaryl/α,β-unsaturated/α-hetero) is 1. The van der Waals surface area contributed by atoms with E-state index in [1.807, 2.05) is 87.5 Å². The Labute approximate surface area is 206 Å². The lowest BCUT2D eigenvalue weighted by molar-refractivity contribution is 0.0280. The van der Waals surface area contributed by atoms with Crippen LogP contribution < -0.4 is 4.74 Å². The summed E-state index contributed by atoms with van der Waals surface area (Å²) in [7, 11) is 0. The fraction of sp³-hybridized carbons (Fsp3) is 0.161. The Balaban J connectivity index is 1.48. The molecule has 0 heterocycles. The maximum absolute atomic E-state index is 13.4. The van der Waals surface area contributed by atoms with Gasteiger partial charge in [-0.15, -0.1) is 0 Å². The Morgan fingerprint density at radius 1 is 0.714 bits per heavy atom. The summed E-state index contributed by atoms with van der Waals surface area (Å²) in [5.74, 6) is -0.0209. The molecule has 0 aliphatic carbocycles. The predicted octanol–water partition coefficient (Wildman–Crippen LogP) is 6.97. The molecule has 0 unspecified atom stereocenters. The van der Waals surface area contributed by atoms with Gasteiger partial charge in [0.05, 0.1) is 5.56 Å². The van der Waals surface area contributed by atoms with E-state index in [4.69, 9.17) is 9.47 Å². The third-order valence-electron chi connectivity index (χ3n) is 5.97. The summed E-state index contributed by atoms with van der Waals surface area (Å²) in [4.78, 5) is 26.4. The first-order valence-corrected chi connectivity index (χ1v) is 11.6. The van der Waals surface area contributed by atoms with Crippen LogP contribution in [0, 0.1) is 20.8 Å². The maximum atomic E-state index is 13.4. The van der Waals surface area contributed by atoms with Gasteiger partial charge in [-0.25, -0.2) is 4.79 Å². The van der Waals surface area contributed by atoms with E-state index in [1.165, 1.54) is 5.56 Å². The van der Waals surface area contributed by atoms with Crippen LogP contribution in [-0.2, 0) is 11.3 Å². The van der Waals surface area contributed by atoms with Crippen LogP contribution in [0.25, 0.3) is 0 Å². The molecular formula is C31H28O4. The Hall–Kier alpha value is -4.18. The molecule has 1 atom stereocenters. The lowest BCUT2D eigenvalue weighted by Crippen LogP contribution is -2.20. The number of hydrogen-bond donors (Lipinski definition) is 0. The first-order chi connectivity index (χ1) is 16.9. The van der Waals surface area contributed by atoms with Gasteiger partial charge in [0.1, 0.15) is 12.4 Å². The standard InChI is InChI=1S/C31H28O4/c1-21-9-17-28(18-10-21)34-20-24-12-15-26(16-13-24)31(33)35-30(25-7-5-4-6-8-25)29(32)27-14-11-22(2)23(3)19-27/h4-19,30H,20H2,1-3H3/t30-/m1/s1. The van der Waals surface area contributed by atoms with Crippen LogP contribution in [0.1, 0.15) is 54.6 Å². The minimum absolute atomic E-state index is 0.254. The average molecular weight is 465 g/mol. The van der Waals surface area contributed by atoms with Crippen molar-refractivity contribution in [3.8, 4) is 5.75 Å². The van der Waals surface area contributed by atoms with Gasteiger partial charge in [0.25, 0.3) is 0 Å². The molecule has 0 saturated carbocycles. The molecule has 0 aliphatic heterocycles. The molecule has 0 radical (unpaired) electrons. The molecule has 0 aliphatic rings. The first-order valence-electron chi connectivity index (χ1n) is 11.6. The van der Waals surface area contributed by atoms with Gasteiger partial charge in [-0.05, 0) is 67.8 Å². The summed E-state index contributed by atoms with van der Waals surface area (Å²) in [6, 6.07) is 29.5. The van der Waals surface area contributed by atoms with E-state index in [2.05, 4.69) is 0 Å². The number of esters is 1. The zero-order chi connectivity index (χ0) is 24.8. The van der Waals surface area contributed by atoms with Crippen LogP contribution in [0.5, 0.6) is 5.75 Å². The van der Waals surface area contributed by atoms with Gasteiger partial charge in [-0.2, -0.15) is 0 Å². The molecule has 0 fully saturated rings. The number of hydrogen-bond acceptors (Lipinski definition) is 4. The fourth-order valence-corrected chi connectivity index (χ4v) is 3.66. The van der Waals surface area contributed by atoms with E-state index in [0.29, 0.717) is 23.3 Å². The Bertz CT molecular complexity index is 1310. The molecular weight excluding hydrogens is 436 g/mol. The topological polar surface area (TPSA) is 52.6 Å². The molecule has 4 heteroatoms. The van der Waals surface area contributed by atoms with Crippen LogP contribution in [0.4, 0.5) is 0 Å².